The van der Waals surface area contributed by atoms with Gasteiger partial charge in [-0.2, -0.15) is 0 Å². The summed E-state index contributed by atoms with van der Waals surface area (Å²) < 4.78 is 1.49. The highest BCUT2D eigenvalue weighted by Crippen LogP contribution is 2.44. The Labute approximate surface area is 185 Å². The number of halogens is 1. The summed E-state index contributed by atoms with van der Waals surface area (Å²) in [7, 11) is 0. The molecular weight excluding hydrogens is 472 g/mol. The summed E-state index contributed by atoms with van der Waals surface area (Å²) in [5.41, 5.74) is 3.99. The molecule has 7 heteroatoms. The van der Waals surface area contributed by atoms with Crippen LogP contribution in [0.5, 0.6) is 0 Å². The van der Waals surface area contributed by atoms with E-state index in [0.29, 0.717) is 4.58 Å². The van der Waals surface area contributed by atoms with E-state index in [1.165, 1.54) is 23.5 Å². The van der Waals surface area contributed by atoms with Crippen LogP contribution >= 0.6 is 50.8 Å². The number of aromatic nitrogens is 1. The van der Waals surface area contributed by atoms with Crippen LogP contribution in [0.15, 0.2) is 58.4 Å². The summed E-state index contributed by atoms with van der Waals surface area (Å²) in [6, 6.07) is 16.3. The lowest BCUT2D eigenvalue weighted by Gasteiger charge is -2.21. The van der Waals surface area contributed by atoms with Gasteiger partial charge in [0.25, 0.3) is 0 Å². The molecule has 1 saturated heterocycles. The van der Waals surface area contributed by atoms with Crippen LogP contribution in [0.25, 0.3) is 10.6 Å². The molecule has 2 heterocycles. The molecule has 0 saturated carbocycles. The zero-order valence-electron chi connectivity index (χ0n) is 15.1. The number of rotatable bonds is 5. The Hall–Kier alpha value is -1.28. The number of benzene rings is 2. The van der Waals surface area contributed by atoms with Gasteiger partial charge in [0, 0.05) is 21.1 Å². The number of hydrogen-bond acceptors (Lipinski definition) is 5. The molecule has 1 aliphatic heterocycles. The van der Waals surface area contributed by atoms with E-state index in [1.807, 2.05) is 65.3 Å². The number of carbonyl (C=O) groups excluding carboxylic acids is 1. The van der Waals surface area contributed by atoms with E-state index in [4.69, 9.17) is 0 Å². The number of thiazole rings is 1. The highest BCUT2D eigenvalue weighted by atomic mass is 79.9. The monoisotopic (exact) mass is 490 g/mol. The van der Waals surface area contributed by atoms with Crippen molar-refractivity contribution < 1.29 is 4.79 Å². The Balaban J connectivity index is 1.39. The standard InChI is InChI=1S/C21H19BrN2OS3/c22-16-6-1-4-14(10-16)20-24-18(13-28-20)12-19(25)23-17-7-2-5-15(11-17)21-26-8-3-9-27-21/h1-2,4-7,10-11,13,21H,3,8-9,12H2,(H,23,25). The second-order valence-corrected chi connectivity index (χ2v) is 10.9. The average Bonchev–Trinajstić information content (AvgIpc) is 3.17. The number of anilines is 1. The Bertz CT molecular complexity index is 970. The summed E-state index contributed by atoms with van der Waals surface area (Å²) in [6.45, 7) is 0. The summed E-state index contributed by atoms with van der Waals surface area (Å²) in [6.07, 6.45) is 1.56. The van der Waals surface area contributed by atoms with Gasteiger partial charge in [0.1, 0.15) is 5.01 Å². The minimum atomic E-state index is -0.0350. The van der Waals surface area contributed by atoms with Crippen LogP contribution in [0.1, 0.15) is 22.3 Å². The molecule has 1 fully saturated rings. The van der Waals surface area contributed by atoms with Gasteiger partial charge in [-0.3, -0.25) is 4.79 Å². The maximum atomic E-state index is 12.5. The van der Waals surface area contributed by atoms with Gasteiger partial charge < -0.3 is 5.32 Å². The second-order valence-electron chi connectivity index (χ2n) is 6.43. The van der Waals surface area contributed by atoms with Gasteiger partial charge in [-0.15, -0.1) is 34.9 Å². The summed E-state index contributed by atoms with van der Waals surface area (Å²) in [5.74, 6) is 2.38. The number of hydrogen-bond donors (Lipinski definition) is 1. The minimum absolute atomic E-state index is 0.0350. The normalized spacial score (nSPS) is 14.8. The average molecular weight is 492 g/mol. The van der Waals surface area contributed by atoms with Crippen LogP contribution in [0, 0.1) is 0 Å². The largest absolute Gasteiger partial charge is 0.326 e. The van der Waals surface area contributed by atoms with Gasteiger partial charge in [-0.25, -0.2) is 4.98 Å². The molecule has 0 aliphatic carbocycles. The van der Waals surface area contributed by atoms with E-state index in [2.05, 4.69) is 38.4 Å². The quantitative estimate of drug-likeness (QED) is 0.436. The fourth-order valence-corrected chi connectivity index (χ4v) is 7.04. The molecule has 1 aliphatic rings. The summed E-state index contributed by atoms with van der Waals surface area (Å²) >= 11 is 9.02. The van der Waals surface area contributed by atoms with Crippen molar-refractivity contribution in [2.24, 2.45) is 0 Å². The maximum Gasteiger partial charge on any atom is 0.230 e. The lowest BCUT2D eigenvalue weighted by Crippen LogP contribution is -2.14. The van der Waals surface area contributed by atoms with Crippen LogP contribution < -0.4 is 5.32 Å². The third-order valence-corrected chi connectivity index (χ3v) is 8.68. The van der Waals surface area contributed by atoms with Gasteiger partial charge in [0.2, 0.25) is 5.91 Å². The van der Waals surface area contributed by atoms with Crippen LogP contribution in [-0.4, -0.2) is 22.4 Å². The van der Waals surface area contributed by atoms with Crippen LogP contribution in [0.4, 0.5) is 5.69 Å². The SMILES string of the molecule is O=C(Cc1csc(-c2cccc(Br)c2)n1)Nc1cccc(C2SCCCS2)c1. The van der Waals surface area contributed by atoms with Crippen molar-refractivity contribution in [2.45, 2.75) is 17.4 Å². The van der Waals surface area contributed by atoms with Crippen molar-refractivity contribution in [3.8, 4) is 10.6 Å². The number of thioether (sulfide) groups is 2. The number of nitrogens with one attached hydrogen (secondary N) is 1. The molecule has 2 aromatic carbocycles. The maximum absolute atomic E-state index is 12.5. The highest BCUT2D eigenvalue weighted by molar-refractivity contribution is 9.10. The van der Waals surface area contributed by atoms with Gasteiger partial charge in [0.15, 0.2) is 0 Å². The zero-order chi connectivity index (χ0) is 19.3. The second kappa shape index (κ2) is 9.48. The Morgan fingerprint density at radius 2 is 1.96 bits per heavy atom. The van der Waals surface area contributed by atoms with E-state index >= 15 is 0 Å². The van der Waals surface area contributed by atoms with Crippen molar-refractivity contribution in [3.05, 3.63) is 69.6 Å². The van der Waals surface area contributed by atoms with Crippen LogP contribution in [-0.2, 0) is 11.2 Å². The Kier molecular flexibility index (Phi) is 6.77. The predicted molar refractivity (Wildman–Crippen MR) is 126 cm³/mol. The smallest absolute Gasteiger partial charge is 0.230 e. The summed E-state index contributed by atoms with van der Waals surface area (Å²) in [5, 5.41) is 5.92. The fourth-order valence-electron chi connectivity index (χ4n) is 2.96. The topological polar surface area (TPSA) is 42.0 Å². The predicted octanol–water partition coefficient (Wildman–Crippen LogP) is 6.62. The van der Waals surface area contributed by atoms with Gasteiger partial charge >= 0.3 is 0 Å². The fraction of sp³-hybridized carbons (Fsp3) is 0.238. The van der Waals surface area contributed by atoms with E-state index in [9.17, 15) is 4.79 Å². The van der Waals surface area contributed by atoms with Crippen LogP contribution in [0.3, 0.4) is 0 Å². The molecule has 3 nitrogen and oxygen atoms in total. The zero-order valence-corrected chi connectivity index (χ0v) is 19.1. The molecule has 1 N–H and O–H groups in total. The van der Waals surface area contributed by atoms with Crippen molar-refractivity contribution in [3.63, 3.8) is 0 Å². The molecule has 0 bridgehead atoms. The molecule has 0 unspecified atom stereocenters. The molecule has 4 rings (SSSR count). The first-order valence-electron chi connectivity index (χ1n) is 9.01. The minimum Gasteiger partial charge on any atom is -0.326 e. The lowest BCUT2D eigenvalue weighted by atomic mass is 10.2. The third-order valence-electron chi connectivity index (χ3n) is 4.23. The molecule has 0 radical (unpaired) electrons. The van der Waals surface area contributed by atoms with Crippen molar-refractivity contribution in [1.29, 1.82) is 0 Å². The van der Waals surface area contributed by atoms with Crippen molar-refractivity contribution in [2.75, 3.05) is 16.8 Å². The molecule has 3 aromatic rings. The Morgan fingerprint density at radius 1 is 1.14 bits per heavy atom. The molecule has 1 aromatic heterocycles. The van der Waals surface area contributed by atoms with Crippen molar-refractivity contribution in [1.82, 2.24) is 4.98 Å². The first-order chi connectivity index (χ1) is 13.7. The van der Waals surface area contributed by atoms with E-state index in [0.717, 1.165) is 26.4 Å². The first-order valence-corrected chi connectivity index (χ1v) is 12.8. The highest BCUT2D eigenvalue weighted by Gasteiger charge is 2.17. The van der Waals surface area contributed by atoms with Gasteiger partial charge in [0.05, 0.1) is 16.7 Å². The van der Waals surface area contributed by atoms with Crippen LogP contribution in [0.2, 0.25) is 0 Å². The molecule has 28 heavy (non-hydrogen) atoms. The molecule has 0 atom stereocenters. The Morgan fingerprint density at radius 3 is 2.79 bits per heavy atom. The van der Waals surface area contributed by atoms with E-state index in [-0.39, 0.29) is 12.3 Å². The van der Waals surface area contributed by atoms with E-state index in [1.54, 1.807) is 11.3 Å². The molecular formula is C21H19BrN2OS3. The van der Waals surface area contributed by atoms with Gasteiger partial charge in [-0.1, -0.05) is 40.2 Å². The lowest BCUT2D eigenvalue weighted by molar-refractivity contribution is -0.115. The van der Waals surface area contributed by atoms with Crippen molar-refractivity contribution >= 4 is 62.4 Å². The third kappa shape index (κ3) is 5.20. The number of nitrogens with zero attached hydrogens (tertiary/aromatic N) is 1. The first kappa shape index (κ1) is 20.0. The molecule has 144 valence electrons. The summed E-state index contributed by atoms with van der Waals surface area (Å²) in [4.78, 5) is 17.1. The number of amides is 1. The van der Waals surface area contributed by atoms with Gasteiger partial charge in [-0.05, 0) is 47.8 Å². The van der Waals surface area contributed by atoms with E-state index < -0.39 is 0 Å². The number of carbonyl (C=O) groups is 1. The molecule has 1 amide bonds. The molecule has 0 spiro atoms.